The lowest BCUT2D eigenvalue weighted by Gasteiger charge is -2.25. The highest BCUT2D eigenvalue weighted by molar-refractivity contribution is 5.50. The second-order valence-electron chi connectivity index (χ2n) is 5.02. The summed E-state index contributed by atoms with van der Waals surface area (Å²) in [5, 5.41) is 18.7. The molecule has 0 fully saturated rings. The SMILES string of the molecule is C[C@H](O)c1ccc(N(CCO)Cc2ccccc2)c(F)c1. The maximum atomic E-state index is 14.3. The Hall–Kier alpha value is -1.91. The first-order chi connectivity index (χ1) is 10.1. The van der Waals surface area contributed by atoms with E-state index in [9.17, 15) is 14.6 Å². The van der Waals surface area contributed by atoms with E-state index in [1.807, 2.05) is 30.3 Å². The van der Waals surface area contributed by atoms with Gasteiger partial charge in [-0.05, 0) is 30.2 Å². The molecule has 2 aromatic rings. The van der Waals surface area contributed by atoms with E-state index in [0.29, 0.717) is 24.3 Å². The number of nitrogens with zero attached hydrogens (tertiary/aromatic N) is 1. The molecule has 0 aromatic heterocycles. The van der Waals surface area contributed by atoms with Crippen LogP contribution in [0.3, 0.4) is 0 Å². The quantitative estimate of drug-likeness (QED) is 0.859. The van der Waals surface area contributed by atoms with Crippen LogP contribution < -0.4 is 4.90 Å². The number of halogens is 1. The number of hydrogen-bond donors (Lipinski definition) is 2. The highest BCUT2D eigenvalue weighted by Crippen LogP contribution is 2.24. The van der Waals surface area contributed by atoms with Crippen molar-refractivity contribution in [2.75, 3.05) is 18.1 Å². The second kappa shape index (κ2) is 7.20. The van der Waals surface area contributed by atoms with Crippen LogP contribution >= 0.6 is 0 Å². The Balaban J connectivity index is 2.25. The summed E-state index contributed by atoms with van der Waals surface area (Å²) in [7, 11) is 0. The number of hydrogen-bond acceptors (Lipinski definition) is 3. The van der Waals surface area contributed by atoms with Crippen LogP contribution in [0.25, 0.3) is 0 Å². The molecule has 2 N–H and O–H groups in total. The monoisotopic (exact) mass is 289 g/mol. The standard InChI is InChI=1S/C17H20FNO2/c1-13(21)15-7-8-17(16(18)11-15)19(9-10-20)12-14-5-3-2-4-6-14/h2-8,11,13,20-21H,9-10,12H2,1H3/t13-/m0/s1. The van der Waals surface area contributed by atoms with Gasteiger partial charge in [-0.15, -0.1) is 0 Å². The Labute approximate surface area is 124 Å². The molecule has 0 spiro atoms. The maximum absolute atomic E-state index is 14.3. The van der Waals surface area contributed by atoms with Gasteiger partial charge in [-0.2, -0.15) is 0 Å². The first-order valence-electron chi connectivity index (χ1n) is 6.99. The Bertz CT molecular complexity index is 572. The van der Waals surface area contributed by atoms with Gasteiger partial charge < -0.3 is 15.1 Å². The minimum Gasteiger partial charge on any atom is -0.395 e. The molecule has 0 aliphatic rings. The summed E-state index contributed by atoms with van der Waals surface area (Å²) in [5.74, 6) is -0.391. The van der Waals surface area contributed by atoms with Crippen molar-refractivity contribution in [2.24, 2.45) is 0 Å². The van der Waals surface area contributed by atoms with Crippen LogP contribution in [0.1, 0.15) is 24.2 Å². The van der Waals surface area contributed by atoms with Crippen LogP contribution in [-0.2, 0) is 6.54 Å². The van der Waals surface area contributed by atoms with Crippen LogP contribution in [0.4, 0.5) is 10.1 Å². The number of rotatable bonds is 6. The molecule has 0 aliphatic carbocycles. The van der Waals surface area contributed by atoms with E-state index in [1.165, 1.54) is 6.07 Å². The minimum absolute atomic E-state index is 0.0512. The van der Waals surface area contributed by atoms with Gasteiger partial charge in [0.2, 0.25) is 0 Å². The zero-order valence-electron chi connectivity index (χ0n) is 12.0. The fourth-order valence-corrected chi connectivity index (χ4v) is 2.25. The van der Waals surface area contributed by atoms with Gasteiger partial charge in [-0.1, -0.05) is 36.4 Å². The van der Waals surface area contributed by atoms with Crippen molar-refractivity contribution in [3.63, 3.8) is 0 Å². The summed E-state index contributed by atoms with van der Waals surface area (Å²) >= 11 is 0. The molecule has 0 bridgehead atoms. The molecule has 0 saturated carbocycles. The van der Waals surface area contributed by atoms with Crippen molar-refractivity contribution in [1.29, 1.82) is 0 Å². The van der Waals surface area contributed by atoms with Gasteiger partial charge in [-0.25, -0.2) is 4.39 Å². The number of anilines is 1. The summed E-state index contributed by atoms with van der Waals surface area (Å²) in [6.07, 6.45) is -0.700. The van der Waals surface area contributed by atoms with Crippen LogP contribution in [-0.4, -0.2) is 23.4 Å². The second-order valence-corrected chi connectivity index (χ2v) is 5.02. The first-order valence-corrected chi connectivity index (χ1v) is 6.99. The molecule has 112 valence electrons. The largest absolute Gasteiger partial charge is 0.395 e. The molecule has 0 heterocycles. The number of aliphatic hydroxyl groups is 2. The minimum atomic E-state index is -0.700. The fourth-order valence-electron chi connectivity index (χ4n) is 2.25. The van der Waals surface area contributed by atoms with E-state index in [0.717, 1.165) is 5.56 Å². The number of aliphatic hydroxyl groups excluding tert-OH is 2. The van der Waals surface area contributed by atoms with Gasteiger partial charge in [0.15, 0.2) is 0 Å². The lowest BCUT2D eigenvalue weighted by molar-refractivity contribution is 0.199. The summed E-state index contributed by atoms with van der Waals surface area (Å²) in [6, 6.07) is 14.4. The zero-order valence-corrected chi connectivity index (χ0v) is 12.0. The molecule has 0 radical (unpaired) electrons. The zero-order chi connectivity index (χ0) is 15.2. The van der Waals surface area contributed by atoms with E-state index in [-0.39, 0.29) is 6.61 Å². The lowest BCUT2D eigenvalue weighted by atomic mass is 10.1. The molecule has 4 heteroatoms. The number of benzene rings is 2. The molecule has 21 heavy (non-hydrogen) atoms. The van der Waals surface area contributed by atoms with Gasteiger partial charge in [0, 0.05) is 13.1 Å². The Kier molecular flexibility index (Phi) is 5.31. The highest BCUT2D eigenvalue weighted by atomic mass is 19.1. The summed E-state index contributed by atoms with van der Waals surface area (Å²) in [6.45, 7) is 2.42. The molecule has 3 nitrogen and oxygen atoms in total. The Morgan fingerprint density at radius 1 is 1.14 bits per heavy atom. The fraction of sp³-hybridized carbons (Fsp3) is 0.294. The molecule has 2 rings (SSSR count). The van der Waals surface area contributed by atoms with Crippen LogP contribution in [0, 0.1) is 5.82 Å². The summed E-state index contributed by atoms with van der Waals surface area (Å²) in [4.78, 5) is 1.79. The van der Waals surface area contributed by atoms with Crippen LogP contribution in [0.5, 0.6) is 0 Å². The Morgan fingerprint density at radius 2 is 1.86 bits per heavy atom. The van der Waals surface area contributed by atoms with Crippen molar-refractivity contribution >= 4 is 5.69 Å². The van der Waals surface area contributed by atoms with Gasteiger partial charge >= 0.3 is 0 Å². The van der Waals surface area contributed by atoms with Crippen molar-refractivity contribution in [1.82, 2.24) is 0 Å². The predicted molar refractivity (Wildman–Crippen MR) is 81.6 cm³/mol. The smallest absolute Gasteiger partial charge is 0.146 e. The third-order valence-electron chi connectivity index (χ3n) is 3.38. The van der Waals surface area contributed by atoms with Crippen molar-refractivity contribution in [2.45, 2.75) is 19.6 Å². The normalized spacial score (nSPS) is 12.2. The van der Waals surface area contributed by atoms with Crippen molar-refractivity contribution in [3.05, 3.63) is 65.5 Å². The van der Waals surface area contributed by atoms with E-state index in [2.05, 4.69) is 0 Å². The maximum Gasteiger partial charge on any atom is 0.146 e. The summed E-state index contributed by atoms with van der Waals surface area (Å²) < 4.78 is 14.3. The first kappa shape index (κ1) is 15.5. The molecular weight excluding hydrogens is 269 g/mol. The molecule has 2 aromatic carbocycles. The topological polar surface area (TPSA) is 43.7 Å². The predicted octanol–water partition coefficient (Wildman–Crippen LogP) is 2.88. The van der Waals surface area contributed by atoms with Gasteiger partial charge in [-0.3, -0.25) is 0 Å². The average Bonchev–Trinajstić information content (AvgIpc) is 2.48. The third-order valence-corrected chi connectivity index (χ3v) is 3.38. The summed E-state index contributed by atoms with van der Waals surface area (Å²) in [5.41, 5.74) is 2.02. The van der Waals surface area contributed by atoms with Crippen LogP contribution in [0.2, 0.25) is 0 Å². The van der Waals surface area contributed by atoms with Gasteiger partial charge in [0.25, 0.3) is 0 Å². The van der Waals surface area contributed by atoms with E-state index in [1.54, 1.807) is 24.0 Å². The van der Waals surface area contributed by atoms with Crippen molar-refractivity contribution < 1.29 is 14.6 Å². The van der Waals surface area contributed by atoms with E-state index >= 15 is 0 Å². The van der Waals surface area contributed by atoms with Crippen molar-refractivity contribution in [3.8, 4) is 0 Å². The third kappa shape index (κ3) is 4.03. The lowest BCUT2D eigenvalue weighted by Crippen LogP contribution is -2.27. The Morgan fingerprint density at radius 3 is 2.43 bits per heavy atom. The molecule has 0 amide bonds. The molecule has 1 atom stereocenters. The van der Waals surface area contributed by atoms with Gasteiger partial charge in [0.1, 0.15) is 5.82 Å². The highest BCUT2D eigenvalue weighted by Gasteiger charge is 2.13. The average molecular weight is 289 g/mol. The van der Waals surface area contributed by atoms with E-state index < -0.39 is 11.9 Å². The molecule has 0 aliphatic heterocycles. The molecule has 0 unspecified atom stereocenters. The molecule has 0 saturated heterocycles. The van der Waals surface area contributed by atoms with Crippen LogP contribution in [0.15, 0.2) is 48.5 Å². The molecular formula is C17H20FNO2. The van der Waals surface area contributed by atoms with Gasteiger partial charge in [0.05, 0.1) is 18.4 Å². The van der Waals surface area contributed by atoms with E-state index in [4.69, 9.17) is 0 Å².